The maximum Gasteiger partial charge on any atom is 0.139 e. The Labute approximate surface area is 95.3 Å². The van der Waals surface area contributed by atoms with Crippen LogP contribution in [0, 0.1) is 0 Å². The molecule has 0 aliphatic heterocycles. The van der Waals surface area contributed by atoms with Crippen molar-refractivity contribution in [2.45, 2.75) is 37.6 Å². The lowest BCUT2D eigenvalue weighted by molar-refractivity contribution is -0.120. The smallest absolute Gasteiger partial charge is 0.139 e. The van der Waals surface area contributed by atoms with Crippen molar-refractivity contribution < 1.29 is 9.90 Å². The topological polar surface area (TPSA) is 63.3 Å². The van der Waals surface area contributed by atoms with Crippen molar-refractivity contribution in [1.29, 1.82) is 0 Å². The van der Waals surface area contributed by atoms with Crippen molar-refractivity contribution in [2.24, 2.45) is 5.73 Å². The van der Waals surface area contributed by atoms with E-state index in [0.29, 0.717) is 12.8 Å². The molecule has 3 nitrogen and oxygen atoms in total. The van der Waals surface area contributed by atoms with E-state index in [-0.39, 0.29) is 17.1 Å². The highest BCUT2D eigenvalue weighted by molar-refractivity contribution is 5.82. The summed E-state index contributed by atoms with van der Waals surface area (Å²) in [5, 5.41) is 9.28. The van der Waals surface area contributed by atoms with Gasteiger partial charge in [0.15, 0.2) is 0 Å². The van der Waals surface area contributed by atoms with Gasteiger partial charge >= 0.3 is 0 Å². The number of carbonyl (C=O) groups excluding carboxylic acids is 1. The zero-order valence-electron chi connectivity index (χ0n) is 9.28. The molecule has 0 unspecified atom stereocenters. The van der Waals surface area contributed by atoms with Crippen molar-refractivity contribution in [3.05, 3.63) is 29.8 Å². The zero-order valence-corrected chi connectivity index (χ0v) is 9.28. The number of hydrogen-bond acceptors (Lipinski definition) is 3. The van der Waals surface area contributed by atoms with Crippen molar-refractivity contribution >= 4 is 5.78 Å². The summed E-state index contributed by atoms with van der Waals surface area (Å²) in [6.07, 6.45) is 3.88. The van der Waals surface area contributed by atoms with Crippen LogP contribution in [0.2, 0.25) is 0 Å². The average Bonchev–Trinajstić information content (AvgIpc) is 2.15. The van der Waals surface area contributed by atoms with Gasteiger partial charge in [-0.1, -0.05) is 12.1 Å². The van der Waals surface area contributed by atoms with Gasteiger partial charge in [-0.15, -0.1) is 0 Å². The van der Waals surface area contributed by atoms with Crippen LogP contribution in [0.15, 0.2) is 24.3 Å². The minimum absolute atomic E-state index is 0.160. The van der Waals surface area contributed by atoms with Gasteiger partial charge in [-0.3, -0.25) is 4.79 Å². The lowest BCUT2D eigenvalue weighted by Crippen LogP contribution is -2.48. The highest BCUT2D eigenvalue weighted by Crippen LogP contribution is 2.32. The van der Waals surface area contributed by atoms with Gasteiger partial charge in [0.25, 0.3) is 0 Å². The third kappa shape index (κ3) is 2.61. The monoisotopic (exact) mass is 219 g/mol. The Morgan fingerprint density at radius 3 is 2.75 bits per heavy atom. The summed E-state index contributed by atoms with van der Waals surface area (Å²) in [7, 11) is 0. The molecule has 3 N–H and O–H groups in total. The number of phenols is 1. The first-order valence-corrected chi connectivity index (χ1v) is 5.66. The average molecular weight is 219 g/mol. The molecular weight excluding hydrogens is 202 g/mol. The van der Waals surface area contributed by atoms with Gasteiger partial charge in [0.2, 0.25) is 0 Å². The fourth-order valence-electron chi connectivity index (χ4n) is 2.16. The van der Waals surface area contributed by atoms with Crippen LogP contribution in [0.3, 0.4) is 0 Å². The molecule has 0 radical (unpaired) electrons. The third-order valence-electron chi connectivity index (χ3n) is 3.21. The summed E-state index contributed by atoms with van der Waals surface area (Å²) >= 11 is 0. The second-order valence-corrected chi connectivity index (χ2v) is 4.78. The van der Waals surface area contributed by atoms with Gasteiger partial charge in [-0.2, -0.15) is 0 Å². The van der Waals surface area contributed by atoms with E-state index < -0.39 is 0 Å². The predicted octanol–water partition coefficient (Wildman–Crippen LogP) is 1.78. The van der Waals surface area contributed by atoms with Crippen LogP contribution >= 0.6 is 0 Å². The fourth-order valence-corrected chi connectivity index (χ4v) is 2.16. The first-order valence-electron chi connectivity index (χ1n) is 5.66. The molecule has 86 valence electrons. The second-order valence-electron chi connectivity index (χ2n) is 4.78. The van der Waals surface area contributed by atoms with Crippen LogP contribution in [-0.2, 0) is 11.2 Å². The molecule has 0 heterocycles. The van der Waals surface area contributed by atoms with E-state index in [0.717, 1.165) is 24.8 Å². The van der Waals surface area contributed by atoms with Crippen LogP contribution < -0.4 is 5.73 Å². The van der Waals surface area contributed by atoms with Crippen LogP contribution in [-0.4, -0.2) is 16.4 Å². The lowest BCUT2D eigenvalue weighted by Gasteiger charge is -2.37. The Bertz CT molecular complexity index is 397. The molecule has 0 bridgehead atoms. The molecule has 2 rings (SSSR count). The van der Waals surface area contributed by atoms with Crippen LogP contribution in [0.25, 0.3) is 0 Å². The summed E-state index contributed by atoms with van der Waals surface area (Å²) in [5.74, 6) is 0.365. The molecule has 0 amide bonds. The standard InChI is InChI=1S/C13H17NO2/c14-13(5-2-6-13)9-12(16)8-10-3-1-4-11(15)7-10/h1,3-4,7,15H,2,5-6,8-9,14H2. The fraction of sp³-hybridized carbons (Fsp3) is 0.462. The Balaban J connectivity index is 1.92. The van der Waals surface area contributed by atoms with Gasteiger partial charge in [0.1, 0.15) is 11.5 Å². The van der Waals surface area contributed by atoms with E-state index in [1.807, 2.05) is 6.07 Å². The quantitative estimate of drug-likeness (QED) is 0.811. The van der Waals surface area contributed by atoms with Crippen molar-refractivity contribution in [2.75, 3.05) is 0 Å². The molecule has 16 heavy (non-hydrogen) atoms. The highest BCUT2D eigenvalue weighted by atomic mass is 16.3. The second kappa shape index (κ2) is 4.26. The Hall–Kier alpha value is -1.35. The van der Waals surface area contributed by atoms with E-state index in [9.17, 15) is 9.90 Å². The Kier molecular flexibility index (Phi) is 2.97. The zero-order chi connectivity index (χ0) is 11.6. The summed E-state index contributed by atoms with van der Waals surface area (Å²) in [6.45, 7) is 0. The number of aromatic hydroxyl groups is 1. The van der Waals surface area contributed by atoms with Crippen LogP contribution in [0.1, 0.15) is 31.2 Å². The largest absolute Gasteiger partial charge is 0.508 e. The molecule has 1 aliphatic carbocycles. The SMILES string of the molecule is NC1(CC(=O)Cc2cccc(O)c2)CCC1. The number of nitrogens with two attached hydrogens (primary N) is 1. The number of hydrogen-bond donors (Lipinski definition) is 2. The maximum atomic E-state index is 11.8. The normalized spacial score (nSPS) is 17.8. The molecule has 0 atom stereocenters. The summed E-state index contributed by atoms with van der Waals surface area (Å²) in [4.78, 5) is 11.8. The predicted molar refractivity (Wildman–Crippen MR) is 62.2 cm³/mol. The molecule has 0 aromatic heterocycles. The molecule has 3 heteroatoms. The minimum atomic E-state index is -0.242. The maximum absolute atomic E-state index is 11.8. The van der Waals surface area contributed by atoms with Crippen LogP contribution in [0.5, 0.6) is 5.75 Å². The van der Waals surface area contributed by atoms with E-state index in [1.54, 1.807) is 18.2 Å². The van der Waals surface area contributed by atoms with E-state index >= 15 is 0 Å². The number of phenolic OH excluding ortho intramolecular Hbond substituents is 1. The molecule has 0 saturated heterocycles. The molecule has 1 aromatic rings. The summed E-state index contributed by atoms with van der Waals surface area (Å²) in [6, 6.07) is 6.83. The van der Waals surface area contributed by atoms with Gasteiger partial charge in [0.05, 0.1) is 0 Å². The number of carbonyl (C=O) groups is 1. The first kappa shape index (κ1) is 11.1. The lowest BCUT2D eigenvalue weighted by atomic mass is 9.74. The molecule has 0 spiro atoms. The molecule has 1 saturated carbocycles. The Morgan fingerprint density at radius 1 is 1.44 bits per heavy atom. The van der Waals surface area contributed by atoms with E-state index in [1.165, 1.54) is 0 Å². The van der Waals surface area contributed by atoms with Gasteiger partial charge in [-0.25, -0.2) is 0 Å². The number of ketones is 1. The number of benzene rings is 1. The number of Topliss-reactive ketones (excluding diaryl/α,β-unsaturated/α-hetero) is 1. The van der Waals surface area contributed by atoms with Crippen molar-refractivity contribution in [3.63, 3.8) is 0 Å². The van der Waals surface area contributed by atoms with Gasteiger partial charge in [-0.05, 0) is 37.0 Å². The molecule has 1 aromatic carbocycles. The third-order valence-corrected chi connectivity index (χ3v) is 3.21. The summed E-state index contributed by atoms with van der Waals surface area (Å²) in [5.41, 5.74) is 6.63. The molecule has 1 aliphatic rings. The first-order chi connectivity index (χ1) is 7.57. The number of rotatable bonds is 4. The van der Waals surface area contributed by atoms with Crippen molar-refractivity contribution in [3.8, 4) is 5.75 Å². The summed E-state index contributed by atoms with van der Waals surface area (Å²) < 4.78 is 0. The van der Waals surface area contributed by atoms with Crippen molar-refractivity contribution in [1.82, 2.24) is 0 Å². The van der Waals surface area contributed by atoms with Crippen LogP contribution in [0.4, 0.5) is 0 Å². The van der Waals surface area contributed by atoms with E-state index in [2.05, 4.69) is 0 Å². The highest BCUT2D eigenvalue weighted by Gasteiger charge is 2.34. The van der Waals surface area contributed by atoms with Gasteiger partial charge < -0.3 is 10.8 Å². The molecule has 1 fully saturated rings. The minimum Gasteiger partial charge on any atom is -0.508 e. The van der Waals surface area contributed by atoms with Gasteiger partial charge in [0, 0.05) is 18.4 Å². The molecular formula is C13H17NO2. The Morgan fingerprint density at radius 2 is 2.19 bits per heavy atom. The van der Waals surface area contributed by atoms with E-state index in [4.69, 9.17) is 5.73 Å².